The van der Waals surface area contributed by atoms with Gasteiger partial charge in [-0.1, -0.05) is 35.1 Å². The third-order valence-electron chi connectivity index (χ3n) is 6.90. The highest BCUT2D eigenvalue weighted by molar-refractivity contribution is 7.14. The molecule has 6 rings (SSSR count). The molecule has 3 aliphatic rings. The summed E-state index contributed by atoms with van der Waals surface area (Å²) in [5, 5.41) is 23.2. The lowest BCUT2D eigenvalue weighted by Gasteiger charge is -2.58. The van der Waals surface area contributed by atoms with E-state index < -0.39 is 17.0 Å². The maximum atomic E-state index is 14.3. The molecule has 11 heteroatoms. The quantitative estimate of drug-likeness (QED) is 0.588. The molecule has 0 radical (unpaired) electrons. The van der Waals surface area contributed by atoms with Crippen molar-refractivity contribution in [1.29, 1.82) is 0 Å². The van der Waals surface area contributed by atoms with Crippen LogP contribution >= 0.6 is 22.9 Å². The minimum Gasteiger partial charge on any atom is -0.503 e. The molecule has 1 amide bonds. The number of halogens is 2. The molecule has 0 bridgehead atoms. The van der Waals surface area contributed by atoms with E-state index in [1.807, 2.05) is 0 Å². The smallest absolute Gasteiger partial charge is 0.274 e. The Morgan fingerprint density at radius 3 is 2.97 bits per heavy atom. The van der Waals surface area contributed by atoms with E-state index >= 15 is 0 Å². The fourth-order valence-corrected chi connectivity index (χ4v) is 6.28. The number of amides is 1. The van der Waals surface area contributed by atoms with Crippen molar-refractivity contribution in [3.8, 4) is 16.3 Å². The van der Waals surface area contributed by atoms with Crippen molar-refractivity contribution in [2.75, 3.05) is 13.1 Å². The van der Waals surface area contributed by atoms with Crippen LogP contribution in [0.4, 0.5) is 4.39 Å². The summed E-state index contributed by atoms with van der Waals surface area (Å²) in [6.07, 6.45) is 3.81. The van der Waals surface area contributed by atoms with Crippen molar-refractivity contribution < 1.29 is 14.3 Å². The van der Waals surface area contributed by atoms with Crippen molar-refractivity contribution >= 4 is 28.8 Å². The van der Waals surface area contributed by atoms with Crippen molar-refractivity contribution in [2.24, 2.45) is 0 Å². The Bertz CT molecular complexity index is 1370. The number of rotatable bonds is 3. The number of nitrogens with zero attached hydrogens (tertiary/aromatic N) is 4. The summed E-state index contributed by atoms with van der Waals surface area (Å²) in [5.74, 6) is -1.42. The number of benzene rings is 1. The number of carbonyl (C=O) groups excluding carboxylic acids is 1. The summed E-state index contributed by atoms with van der Waals surface area (Å²) in [5.41, 5.74) is -0.207. The molecule has 2 saturated heterocycles. The van der Waals surface area contributed by atoms with Gasteiger partial charge in [0.25, 0.3) is 5.91 Å². The number of hydrogen-bond acceptors (Lipinski definition) is 7. The summed E-state index contributed by atoms with van der Waals surface area (Å²) in [6, 6.07) is 4.72. The molecule has 33 heavy (non-hydrogen) atoms. The second kappa shape index (κ2) is 7.34. The summed E-state index contributed by atoms with van der Waals surface area (Å²) in [4.78, 5) is 27.7. The van der Waals surface area contributed by atoms with Gasteiger partial charge < -0.3 is 19.9 Å². The predicted molar refractivity (Wildman–Crippen MR) is 120 cm³/mol. The molecule has 8 nitrogen and oxygen atoms in total. The first kappa shape index (κ1) is 20.8. The standard InChI is InChI=1S/C22H19ClFN5O3S/c23-13-4-1-3-11(16(13)24)7-15-26-27-20(33-15)12-8-28-9-14-22(5-2-6-25-22)10-29(14)21(32)17(28)19(31)18(12)30/h1,3-4,8,14,25,31H,2,5-7,9-10H2. The van der Waals surface area contributed by atoms with Gasteiger partial charge in [0, 0.05) is 25.7 Å². The largest absolute Gasteiger partial charge is 0.503 e. The van der Waals surface area contributed by atoms with Crippen LogP contribution in [0.15, 0.2) is 29.2 Å². The zero-order valence-corrected chi connectivity index (χ0v) is 18.9. The average molecular weight is 488 g/mol. The lowest BCUT2D eigenvalue weighted by Crippen LogP contribution is -2.77. The van der Waals surface area contributed by atoms with E-state index in [0.717, 1.165) is 30.7 Å². The highest BCUT2D eigenvalue weighted by Gasteiger charge is 2.58. The van der Waals surface area contributed by atoms with E-state index in [-0.39, 0.29) is 40.2 Å². The van der Waals surface area contributed by atoms with Crippen molar-refractivity contribution in [3.63, 3.8) is 0 Å². The fourth-order valence-electron chi connectivity index (χ4n) is 5.22. The molecule has 0 saturated carbocycles. The second-order valence-corrected chi connectivity index (χ2v) is 10.2. The van der Waals surface area contributed by atoms with Crippen LogP contribution in [0.3, 0.4) is 0 Å². The predicted octanol–water partition coefficient (Wildman–Crippen LogP) is 2.42. The summed E-state index contributed by atoms with van der Waals surface area (Å²) < 4.78 is 15.9. The molecule has 1 aromatic carbocycles. The molecule has 2 fully saturated rings. The van der Waals surface area contributed by atoms with Crippen molar-refractivity contribution in [3.05, 3.63) is 61.7 Å². The Labute approximate surface area is 196 Å². The zero-order chi connectivity index (χ0) is 22.9. The number of carbonyl (C=O) groups is 1. The van der Waals surface area contributed by atoms with Gasteiger partial charge in [-0.3, -0.25) is 9.59 Å². The molecule has 5 heterocycles. The average Bonchev–Trinajstić information content (AvgIpc) is 3.46. The molecular formula is C22H19ClFN5O3S. The third-order valence-corrected chi connectivity index (χ3v) is 8.15. The number of nitrogens with one attached hydrogen (secondary N) is 1. The maximum absolute atomic E-state index is 14.3. The van der Waals surface area contributed by atoms with Gasteiger partial charge >= 0.3 is 0 Å². The first-order valence-corrected chi connectivity index (χ1v) is 11.9. The van der Waals surface area contributed by atoms with Crippen molar-refractivity contribution in [1.82, 2.24) is 25.0 Å². The second-order valence-electron chi connectivity index (χ2n) is 8.75. The van der Waals surface area contributed by atoms with E-state index in [0.29, 0.717) is 28.7 Å². The first-order chi connectivity index (χ1) is 15.9. The molecule has 2 aromatic heterocycles. The Balaban J connectivity index is 1.35. The Kier molecular flexibility index (Phi) is 4.62. The van der Waals surface area contributed by atoms with Crippen LogP contribution in [0.25, 0.3) is 10.6 Å². The van der Waals surface area contributed by atoms with Gasteiger partial charge in [0.05, 0.1) is 22.2 Å². The lowest BCUT2D eigenvalue weighted by atomic mass is 9.77. The third kappa shape index (κ3) is 3.04. The highest BCUT2D eigenvalue weighted by Crippen LogP contribution is 2.42. The first-order valence-electron chi connectivity index (χ1n) is 10.7. The van der Waals surface area contributed by atoms with Crippen LogP contribution in [-0.2, 0) is 13.0 Å². The normalized spacial score (nSPS) is 23.5. The van der Waals surface area contributed by atoms with Gasteiger partial charge in [-0.25, -0.2) is 4.39 Å². The summed E-state index contributed by atoms with van der Waals surface area (Å²) in [6.45, 7) is 1.99. The number of aromatic nitrogens is 3. The van der Waals surface area contributed by atoms with Crippen LogP contribution in [0.1, 0.15) is 33.9 Å². The van der Waals surface area contributed by atoms with Gasteiger partial charge in [0.15, 0.2) is 16.5 Å². The van der Waals surface area contributed by atoms with Gasteiger partial charge in [0.2, 0.25) is 5.43 Å². The SMILES string of the molecule is O=C1c2c(O)c(=O)c(-c3nnc(Cc4cccc(Cl)c4F)s3)cn2CC2N1CC21CCCN1. The van der Waals surface area contributed by atoms with E-state index in [4.69, 9.17) is 11.6 Å². The monoisotopic (exact) mass is 487 g/mol. The fraction of sp³-hybridized carbons (Fsp3) is 0.364. The number of pyridine rings is 1. The van der Waals surface area contributed by atoms with E-state index in [1.165, 1.54) is 6.07 Å². The van der Waals surface area contributed by atoms with Gasteiger partial charge in [-0.15, -0.1) is 10.2 Å². The minimum absolute atomic E-state index is 0.0126. The molecule has 2 atom stereocenters. The van der Waals surface area contributed by atoms with Crippen molar-refractivity contribution in [2.45, 2.75) is 37.4 Å². The molecule has 3 aromatic rings. The van der Waals surface area contributed by atoms with E-state index in [2.05, 4.69) is 15.5 Å². The molecule has 3 aliphatic heterocycles. The summed E-state index contributed by atoms with van der Waals surface area (Å²) in [7, 11) is 0. The van der Waals surface area contributed by atoms with Crippen LogP contribution in [-0.4, -0.2) is 55.3 Å². The lowest BCUT2D eigenvalue weighted by molar-refractivity contribution is -0.0278. The molecule has 0 aliphatic carbocycles. The van der Waals surface area contributed by atoms with E-state index in [1.54, 1.807) is 27.8 Å². The topological polar surface area (TPSA) is 100 Å². The molecule has 1 spiro atoms. The molecule has 2 N–H and O–H groups in total. The number of hydrogen-bond donors (Lipinski definition) is 2. The number of aromatic hydroxyl groups is 1. The van der Waals surface area contributed by atoms with Crippen LogP contribution in [0.2, 0.25) is 5.02 Å². The summed E-state index contributed by atoms with van der Waals surface area (Å²) >= 11 is 7.00. The van der Waals surface area contributed by atoms with Crippen LogP contribution in [0, 0.1) is 5.82 Å². The van der Waals surface area contributed by atoms with Gasteiger partial charge in [-0.2, -0.15) is 0 Å². The molecule has 2 unspecified atom stereocenters. The van der Waals surface area contributed by atoms with Crippen LogP contribution in [0.5, 0.6) is 5.75 Å². The highest BCUT2D eigenvalue weighted by atomic mass is 35.5. The molecular weight excluding hydrogens is 469 g/mol. The molecule has 170 valence electrons. The number of fused-ring (bicyclic) bond motifs is 3. The minimum atomic E-state index is -0.668. The Morgan fingerprint density at radius 1 is 1.33 bits per heavy atom. The van der Waals surface area contributed by atoms with Gasteiger partial charge in [-0.05, 0) is 31.0 Å². The Hall–Kier alpha value is -2.82. The maximum Gasteiger partial charge on any atom is 0.274 e. The van der Waals surface area contributed by atoms with Gasteiger partial charge in [0.1, 0.15) is 10.8 Å². The van der Waals surface area contributed by atoms with Crippen LogP contribution < -0.4 is 10.7 Å². The zero-order valence-electron chi connectivity index (χ0n) is 17.3. The van der Waals surface area contributed by atoms with E-state index in [9.17, 15) is 19.1 Å². The Morgan fingerprint density at radius 2 is 2.18 bits per heavy atom.